The Hall–Kier alpha value is -0.610. The first kappa shape index (κ1) is 13.5. The molecule has 0 aromatic carbocycles. The largest absolute Gasteiger partial charge is 0.466 e. The first-order valence-electron chi connectivity index (χ1n) is 6.13. The van der Waals surface area contributed by atoms with E-state index in [-0.39, 0.29) is 11.9 Å². The Balaban J connectivity index is 2.56. The molecule has 0 aromatic rings. The Morgan fingerprint density at radius 2 is 2.31 bits per heavy atom. The maximum atomic E-state index is 11.7. The fourth-order valence-electron chi connectivity index (χ4n) is 2.14. The number of carbonyl (C=O) groups is 1. The molecule has 1 N–H and O–H groups in total. The fourth-order valence-corrected chi connectivity index (χ4v) is 2.14. The molecule has 4 heteroatoms. The zero-order valence-corrected chi connectivity index (χ0v) is 10.1. The monoisotopic (exact) mass is 230 g/mol. The molecular formula is C12H22O4. The molecule has 0 saturated carbocycles. The highest BCUT2D eigenvalue weighted by molar-refractivity contribution is 5.73. The van der Waals surface area contributed by atoms with Gasteiger partial charge in [-0.2, -0.15) is 0 Å². The maximum Gasteiger partial charge on any atom is 0.311 e. The number of hydrogen-bond acceptors (Lipinski definition) is 4. The first-order valence-corrected chi connectivity index (χ1v) is 6.13. The minimum absolute atomic E-state index is 0.0842. The number of aliphatic hydroxyl groups is 1. The Morgan fingerprint density at radius 1 is 1.56 bits per heavy atom. The van der Waals surface area contributed by atoms with Crippen molar-refractivity contribution in [1.29, 1.82) is 0 Å². The van der Waals surface area contributed by atoms with Gasteiger partial charge < -0.3 is 14.6 Å². The van der Waals surface area contributed by atoms with Crippen molar-refractivity contribution in [3.8, 4) is 0 Å². The van der Waals surface area contributed by atoms with Gasteiger partial charge in [-0.25, -0.2) is 0 Å². The second-order valence-corrected chi connectivity index (χ2v) is 4.26. The third kappa shape index (κ3) is 3.46. The highest BCUT2D eigenvalue weighted by atomic mass is 16.5. The Labute approximate surface area is 96.9 Å². The van der Waals surface area contributed by atoms with Gasteiger partial charge in [-0.15, -0.1) is 0 Å². The summed E-state index contributed by atoms with van der Waals surface area (Å²) in [6.45, 7) is 5.40. The molecule has 16 heavy (non-hydrogen) atoms. The number of hydrogen-bond donors (Lipinski definition) is 1. The Morgan fingerprint density at radius 3 is 2.81 bits per heavy atom. The minimum atomic E-state index is -0.624. The second kappa shape index (κ2) is 6.86. The SMILES string of the molecule is CCCC(C(=O)OCC)C(O)C1CCOC1. The molecule has 1 heterocycles. The van der Waals surface area contributed by atoms with Crippen LogP contribution in [0.5, 0.6) is 0 Å². The summed E-state index contributed by atoms with van der Waals surface area (Å²) in [5, 5.41) is 10.2. The summed E-state index contributed by atoms with van der Waals surface area (Å²) in [6, 6.07) is 0. The lowest BCUT2D eigenvalue weighted by atomic mass is 9.87. The predicted molar refractivity (Wildman–Crippen MR) is 60.0 cm³/mol. The van der Waals surface area contributed by atoms with Crippen LogP contribution in [0.2, 0.25) is 0 Å². The summed E-state index contributed by atoms with van der Waals surface area (Å²) < 4.78 is 10.2. The molecule has 1 aliphatic heterocycles. The number of carbonyl (C=O) groups excluding carboxylic acids is 1. The van der Waals surface area contributed by atoms with E-state index in [4.69, 9.17) is 9.47 Å². The van der Waals surface area contributed by atoms with E-state index >= 15 is 0 Å². The molecular weight excluding hydrogens is 208 g/mol. The molecule has 0 aliphatic carbocycles. The van der Waals surface area contributed by atoms with Crippen molar-refractivity contribution in [3.63, 3.8) is 0 Å². The highest BCUT2D eigenvalue weighted by Crippen LogP contribution is 2.25. The molecule has 94 valence electrons. The van der Waals surface area contributed by atoms with Gasteiger partial charge in [-0.3, -0.25) is 4.79 Å². The molecule has 1 rings (SSSR count). The lowest BCUT2D eigenvalue weighted by molar-refractivity contribution is -0.154. The molecule has 3 unspecified atom stereocenters. The molecule has 1 saturated heterocycles. The van der Waals surface area contributed by atoms with Gasteiger partial charge in [0.15, 0.2) is 0 Å². The van der Waals surface area contributed by atoms with Gasteiger partial charge in [0.1, 0.15) is 0 Å². The lowest BCUT2D eigenvalue weighted by Gasteiger charge is -2.24. The zero-order valence-electron chi connectivity index (χ0n) is 10.1. The van der Waals surface area contributed by atoms with Crippen LogP contribution in [0.25, 0.3) is 0 Å². The number of aliphatic hydroxyl groups excluding tert-OH is 1. The highest BCUT2D eigenvalue weighted by Gasteiger charge is 2.35. The molecule has 1 fully saturated rings. The lowest BCUT2D eigenvalue weighted by Crippen LogP contribution is -2.36. The summed E-state index contributed by atoms with van der Waals surface area (Å²) in [6.07, 6.45) is 1.76. The zero-order chi connectivity index (χ0) is 12.0. The average molecular weight is 230 g/mol. The minimum Gasteiger partial charge on any atom is -0.466 e. The van der Waals surface area contributed by atoms with E-state index in [0.717, 1.165) is 12.8 Å². The summed E-state index contributed by atoms with van der Waals surface area (Å²) in [4.78, 5) is 11.7. The summed E-state index contributed by atoms with van der Waals surface area (Å²) in [7, 11) is 0. The van der Waals surface area contributed by atoms with Crippen molar-refractivity contribution >= 4 is 5.97 Å². The van der Waals surface area contributed by atoms with E-state index in [1.807, 2.05) is 6.92 Å². The first-order chi connectivity index (χ1) is 7.70. The Kier molecular flexibility index (Phi) is 5.77. The van der Waals surface area contributed by atoms with Gasteiger partial charge in [0.05, 0.1) is 25.2 Å². The molecule has 3 atom stereocenters. The third-order valence-electron chi connectivity index (χ3n) is 3.05. The van der Waals surface area contributed by atoms with Crippen molar-refractivity contribution in [2.75, 3.05) is 19.8 Å². The molecule has 1 aliphatic rings. The van der Waals surface area contributed by atoms with Crippen LogP contribution in [0.3, 0.4) is 0 Å². The second-order valence-electron chi connectivity index (χ2n) is 4.26. The van der Waals surface area contributed by atoms with E-state index in [0.29, 0.717) is 26.2 Å². The van der Waals surface area contributed by atoms with E-state index in [1.54, 1.807) is 6.92 Å². The summed E-state index contributed by atoms with van der Waals surface area (Å²) in [5.74, 6) is -0.582. The van der Waals surface area contributed by atoms with Crippen LogP contribution < -0.4 is 0 Å². The van der Waals surface area contributed by atoms with Gasteiger partial charge in [0.25, 0.3) is 0 Å². The van der Waals surface area contributed by atoms with Crippen molar-refractivity contribution in [2.24, 2.45) is 11.8 Å². The topological polar surface area (TPSA) is 55.8 Å². The van der Waals surface area contributed by atoms with Crippen molar-refractivity contribution in [2.45, 2.75) is 39.2 Å². The number of rotatable bonds is 6. The molecule has 4 nitrogen and oxygen atoms in total. The van der Waals surface area contributed by atoms with Crippen LogP contribution in [0.4, 0.5) is 0 Å². The molecule has 0 bridgehead atoms. The van der Waals surface area contributed by atoms with Crippen LogP contribution in [-0.4, -0.2) is 37.0 Å². The molecule has 0 spiro atoms. The standard InChI is InChI=1S/C12H22O4/c1-3-5-10(12(14)16-4-2)11(13)9-6-7-15-8-9/h9-11,13H,3-8H2,1-2H3. The number of ether oxygens (including phenoxy) is 2. The van der Waals surface area contributed by atoms with Crippen molar-refractivity contribution in [1.82, 2.24) is 0 Å². The predicted octanol–water partition coefficient (Wildman–Crippen LogP) is 1.36. The summed E-state index contributed by atoms with van der Waals surface area (Å²) >= 11 is 0. The molecule has 0 aromatic heterocycles. The van der Waals surface area contributed by atoms with Crippen LogP contribution in [0.1, 0.15) is 33.1 Å². The van der Waals surface area contributed by atoms with Crippen LogP contribution in [0.15, 0.2) is 0 Å². The molecule has 0 radical (unpaired) electrons. The smallest absolute Gasteiger partial charge is 0.311 e. The van der Waals surface area contributed by atoms with E-state index in [2.05, 4.69) is 0 Å². The van der Waals surface area contributed by atoms with Gasteiger partial charge in [0, 0.05) is 12.5 Å². The average Bonchev–Trinajstić information content (AvgIpc) is 2.78. The molecule has 0 amide bonds. The van der Waals surface area contributed by atoms with Gasteiger partial charge in [0.2, 0.25) is 0 Å². The van der Waals surface area contributed by atoms with Gasteiger partial charge in [-0.1, -0.05) is 13.3 Å². The van der Waals surface area contributed by atoms with E-state index < -0.39 is 12.0 Å². The van der Waals surface area contributed by atoms with E-state index in [9.17, 15) is 9.90 Å². The van der Waals surface area contributed by atoms with Crippen LogP contribution in [0, 0.1) is 11.8 Å². The fraction of sp³-hybridized carbons (Fsp3) is 0.917. The third-order valence-corrected chi connectivity index (χ3v) is 3.05. The maximum absolute atomic E-state index is 11.7. The van der Waals surface area contributed by atoms with Crippen molar-refractivity contribution in [3.05, 3.63) is 0 Å². The van der Waals surface area contributed by atoms with Crippen molar-refractivity contribution < 1.29 is 19.4 Å². The normalized spacial score (nSPS) is 24.1. The van der Waals surface area contributed by atoms with Crippen LogP contribution in [-0.2, 0) is 14.3 Å². The summed E-state index contributed by atoms with van der Waals surface area (Å²) in [5.41, 5.74) is 0. The van der Waals surface area contributed by atoms with Gasteiger partial charge >= 0.3 is 5.97 Å². The van der Waals surface area contributed by atoms with E-state index in [1.165, 1.54) is 0 Å². The van der Waals surface area contributed by atoms with Gasteiger partial charge in [-0.05, 0) is 19.8 Å². The number of esters is 1. The van der Waals surface area contributed by atoms with Crippen LogP contribution >= 0.6 is 0 Å². The Bertz CT molecular complexity index is 211. The quantitative estimate of drug-likeness (QED) is 0.700.